The van der Waals surface area contributed by atoms with E-state index in [0.29, 0.717) is 32.2 Å². The SMILES string of the molecule is CCCCCCCCCCCCCCCCCCCCCC(=O)OC(CCCCCCCCCCCCCCC)CCCCCCCC(=O)NC(CCCN)C(=O)O. The highest BCUT2D eigenvalue weighted by atomic mass is 16.5. The molecule has 0 saturated carbocycles. The molecule has 2 unspecified atom stereocenters. The van der Waals surface area contributed by atoms with Crippen molar-refractivity contribution in [2.75, 3.05) is 6.54 Å². The Kier molecular flexibility index (Phi) is 45.1. The van der Waals surface area contributed by atoms with Crippen molar-refractivity contribution in [3.63, 3.8) is 0 Å². The number of nitrogens with one attached hydrogen (secondary N) is 1. The summed E-state index contributed by atoms with van der Waals surface area (Å²) in [6, 6.07) is -0.853. The zero-order valence-corrected chi connectivity index (χ0v) is 38.9. The Morgan fingerprint density at radius 2 is 0.741 bits per heavy atom. The molecule has 0 aliphatic heterocycles. The summed E-state index contributed by atoms with van der Waals surface area (Å²) >= 11 is 0. The van der Waals surface area contributed by atoms with E-state index in [1.165, 1.54) is 186 Å². The molecule has 0 aromatic carbocycles. The monoisotopic (exact) mass is 821 g/mol. The number of esters is 1. The Balaban J connectivity index is 4.19. The molecule has 344 valence electrons. The first kappa shape index (κ1) is 56.4. The summed E-state index contributed by atoms with van der Waals surface area (Å²) in [5, 5.41) is 12.0. The Morgan fingerprint density at radius 3 is 1.07 bits per heavy atom. The Bertz CT molecular complexity index is 883. The topological polar surface area (TPSA) is 119 Å². The minimum atomic E-state index is -0.999. The van der Waals surface area contributed by atoms with Crippen molar-refractivity contribution in [3.8, 4) is 0 Å². The predicted molar refractivity (Wildman–Crippen MR) is 248 cm³/mol. The molecule has 58 heavy (non-hydrogen) atoms. The van der Waals surface area contributed by atoms with Crippen LogP contribution in [0.15, 0.2) is 0 Å². The highest BCUT2D eigenvalue weighted by Gasteiger charge is 2.19. The quantitative estimate of drug-likeness (QED) is 0.0415. The number of carbonyl (C=O) groups is 3. The molecule has 7 nitrogen and oxygen atoms in total. The number of ether oxygens (including phenoxy) is 1. The van der Waals surface area contributed by atoms with Crippen LogP contribution in [0.25, 0.3) is 0 Å². The van der Waals surface area contributed by atoms with Gasteiger partial charge in [0.2, 0.25) is 5.91 Å². The van der Waals surface area contributed by atoms with Gasteiger partial charge in [-0.2, -0.15) is 0 Å². The summed E-state index contributed by atoms with van der Waals surface area (Å²) < 4.78 is 6.09. The van der Waals surface area contributed by atoms with Crippen molar-refractivity contribution in [3.05, 3.63) is 0 Å². The average molecular weight is 821 g/mol. The van der Waals surface area contributed by atoms with Gasteiger partial charge in [-0.3, -0.25) is 9.59 Å². The van der Waals surface area contributed by atoms with Crippen LogP contribution in [-0.2, 0) is 19.1 Å². The largest absolute Gasteiger partial charge is 0.480 e. The summed E-state index contributed by atoms with van der Waals surface area (Å²) in [7, 11) is 0. The van der Waals surface area contributed by atoms with Crippen LogP contribution in [0, 0.1) is 0 Å². The van der Waals surface area contributed by atoms with Crippen LogP contribution in [0.5, 0.6) is 0 Å². The maximum absolute atomic E-state index is 12.9. The number of unbranched alkanes of at least 4 members (excludes halogenated alkanes) is 34. The van der Waals surface area contributed by atoms with Crippen LogP contribution in [0.1, 0.15) is 290 Å². The van der Waals surface area contributed by atoms with Crippen LogP contribution < -0.4 is 11.1 Å². The zero-order chi connectivity index (χ0) is 42.4. The lowest BCUT2D eigenvalue weighted by atomic mass is 10.0. The lowest BCUT2D eigenvalue weighted by Gasteiger charge is -2.18. The second-order valence-corrected chi connectivity index (χ2v) is 18.0. The zero-order valence-electron chi connectivity index (χ0n) is 38.9. The first-order chi connectivity index (χ1) is 28.4. The maximum Gasteiger partial charge on any atom is 0.326 e. The molecule has 1 amide bonds. The summed E-state index contributed by atoms with van der Waals surface area (Å²) in [6.07, 6.45) is 51.6. The number of nitrogens with two attached hydrogens (primary N) is 1. The predicted octanol–water partition coefficient (Wildman–Crippen LogP) is 15.2. The number of aliphatic carboxylic acids is 1. The van der Waals surface area contributed by atoms with E-state index < -0.39 is 12.0 Å². The fraction of sp³-hybridized carbons (Fsp3) is 0.941. The van der Waals surface area contributed by atoms with Gasteiger partial charge in [0.25, 0.3) is 0 Å². The van der Waals surface area contributed by atoms with Gasteiger partial charge >= 0.3 is 11.9 Å². The van der Waals surface area contributed by atoms with Crippen LogP contribution >= 0.6 is 0 Å². The van der Waals surface area contributed by atoms with E-state index in [9.17, 15) is 19.5 Å². The van der Waals surface area contributed by atoms with Gasteiger partial charge in [0, 0.05) is 12.8 Å². The number of rotatable bonds is 48. The lowest BCUT2D eigenvalue weighted by molar-refractivity contribution is -0.150. The molecule has 0 radical (unpaired) electrons. The number of carboxylic acids is 1. The molecule has 0 rings (SSSR count). The van der Waals surface area contributed by atoms with Crippen molar-refractivity contribution in [1.82, 2.24) is 5.32 Å². The van der Waals surface area contributed by atoms with Crippen molar-refractivity contribution >= 4 is 17.8 Å². The van der Waals surface area contributed by atoms with E-state index in [4.69, 9.17) is 10.5 Å². The summed E-state index contributed by atoms with van der Waals surface area (Å²) in [4.78, 5) is 36.5. The molecular weight excluding hydrogens is 721 g/mol. The van der Waals surface area contributed by atoms with Crippen LogP contribution in [0.2, 0.25) is 0 Å². The van der Waals surface area contributed by atoms with Crippen molar-refractivity contribution in [2.24, 2.45) is 5.73 Å². The van der Waals surface area contributed by atoms with Crippen molar-refractivity contribution < 1.29 is 24.2 Å². The molecule has 0 aromatic heterocycles. The van der Waals surface area contributed by atoms with Gasteiger partial charge in [-0.05, 0) is 57.9 Å². The third-order valence-electron chi connectivity index (χ3n) is 12.2. The van der Waals surface area contributed by atoms with E-state index in [1.54, 1.807) is 0 Å². The molecule has 7 heteroatoms. The van der Waals surface area contributed by atoms with Gasteiger partial charge in [-0.1, -0.05) is 226 Å². The van der Waals surface area contributed by atoms with Crippen LogP contribution in [0.3, 0.4) is 0 Å². The van der Waals surface area contributed by atoms with E-state index in [2.05, 4.69) is 19.2 Å². The second-order valence-electron chi connectivity index (χ2n) is 18.0. The first-order valence-electron chi connectivity index (χ1n) is 25.9. The van der Waals surface area contributed by atoms with E-state index >= 15 is 0 Å². The van der Waals surface area contributed by atoms with Gasteiger partial charge in [0.15, 0.2) is 0 Å². The smallest absolute Gasteiger partial charge is 0.326 e. The fourth-order valence-corrected chi connectivity index (χ4v) is 8.28. The van der Waals surface area contributed by atoms with Gasteiger partial charge in [0.1, 0.15) is 12.1 Å². The average Bonchev–Trinajstić information content (AvgIpc) is 3.21. The number of amides is 1. The maximum atomic E-state index is 12.9. The number of hydrogen-bond donors (Lipinski definition) is 3. The molecule has 0 fully saturated rings. The summed E-state index contributed by atoms with van der Waals surface area (Å²) in [5.74, 6) is -1.20. The molecular formula is C51H100N2O5. The highest BCUT2D eigenvalue weighted by Crippen LogP contribution is 2.20. The minimum Gasteiger partial charge on any atom is -0.480 e. The minimum absolute atomic E-state index is 0.0104. The molecule has 4 N–H and O–H groups in total. The molecule has 0 spiro atoms. The number of carbonyl (C=O) groups excluding carboxylic acids is 2. The molecule has 0 aliphatic rings. The van der Waals surface area contributed by atoms with Gasteiger partial charge < -0.3 is 20.9 Å². The standard InChI is InChI=1S/C51H100N2O5/c1-3-5-7-9-11-13-15-17-18-19-20-21-22-24-26-28-30-35-39-45-50(55)58-47(41-36-32-29-27-25-23-16-14-12-10-8-6-4-2)42-37-33-31-34-38-44-49(54)53-48(51(56)57)43-40-46-52/h47-48H,3-46,52H2,1-2H3,(H,53,54)(H,56,57). The molecule has 0 aromatic rings. The Hall–Kier alpha value is -1.63. The van der Waals surface area contributed by atoms with Crippen molar-refractivity contribution in [2.45, 2.75) is 302 Å². The normalized spacial score (nSPS) is 12.5. The molecule has 0 bridgehead atoms. The summed E-state index contributed by atoms with van der Waals surface area (Å²) in [6.45, 7) is 4.98. The third kappa shape index (κ3) is 42.5. The van der Waals surface area contributed by atoms with E-state index in [1.807, 2.05) is 0 Å². The Labute approximate surface area is 360 Å². The molecule has 2 atom stereocenters. The number of carboxylic acid groups (broad SMARTS) is 1. The molecule has 0 saturated heterocycles. The highest BCUT2D eigenvalue weighted by molar-refractivity contribution is 5.83. The van der Waals surface area contributed by atoms with E-state index in [0.717, 1.165) is 64.2 Å². The van der Waals surface area contributed by atoms with Crippen LogP contribution in [-0.4, -0.2) is 41.6 Å². The Morgan fingerprint density at radius 1 is 0.431 bits per heavy atom. The number of hydrogen-bond acceptors (Lipinski definition) is 5. The second kappa shape index (κ2) is 46.4. The van der Waals surface area contributed by atoms with Crippen molar-refractivity contribution in [1.29, 1.82) is 0 Å². The molecule has 0 aliphatic carbocycles. The van der Waals surface area contributed by atoms with E-state index in [-0.39, 0.29) is 18.0 Å². The first-order valence-corrected chi connectivity index (χ1v) is 25.9. The van der Waals surface area contributed by atoms with Crippen LogP contribution in [0.4, 0.5) is 0 Å². The lowest BCUT2D eigenvalue weighted by Crippen LogP contribution is -2.40. The van der Waals surface area contributed by atoms with Gasteiger partial charge in [-0.25, -0.2) is 4.79 Å². The van der Waals surface area contributed by atoms with Gasteiger partial charge in [-0.15, -0.1) is 0 Å². The summed E-state index contributed by atoms with van der Waals surface area (Å²) in [5.41, 5.74) is 5.50. The van der Waals surface area contributed by atoms with Gasteiger partial charge in [0.05, 0.1) is 0 Å². The molecule has 0 heterocycles. The third-order valence-corrected chi connectivity index (χ3v) is 12.2. The fourth-order valence-electron chi connectivity index (χ4n) is 8.28.